The molecule has 7 nitrogen and oxygen atoms in total. The van der Waals surface area contributed by atoms with Crippen LogP contribution in [0.15, 0.2) is 24.3 Å². The number of esters is 1. The number of fused-ring (bicyclic) bond motifs is 5. The summed E-state index contributed by atoms with van der Waals surface area (Å²) in [6, 6.07) is 6.26. The zero-order chi connectivity index (χ0) is 21.6. The first-order chi connectivity index (χ1) is 14.3. The molecule has 0 spiro atoms. The highest BCUT2D eigenvalue weighted by Crippen LogP contribution is 2.56. The molecule has 2 aliphatic carbocycles. The Labute approximate surface area is 176 Å². The van der Waals surface area contributed by atoms with Crippen LogP contribution in [-0.4, -0.2) is 41.2 Å². The lowest BCUT2D eigenvalue weighted by Crippen LogP contribution is -2.50. The molecule has 4 rings (SSSR count). The fourth-order valence-electron chi connectivity index (χ4n) is 5.44. The van der Waals surface area contributed by atoms with Crippen molar-refractivity contribution in [3.8, 4) is 0 Å². The van der Waals surface area contributed by atoms with Gasteiger partial charge in [-0.05, 0) is 56.1 Å². The van der Waals surface area contributed by atoms with Gasteiger partial charge in [0.2, 0.25) is 11.8 Å². The van der Waals surface area contributed by atoms with Gasteiger partial charge in [0, 0.05) is 5.69 Å². The van der Waals surface area contributed by atoms with Crippen LogP contribution < -0.4 is 5.32 Å². The van der Waals surface area contributed by atoms with Crippen molar-refractivity contribution in [2.45, 2.75) is 46.1 Å². The Morgan fingerprint density at radius 3 is 2.17 bits per heavy atom. The second kappa shape index (κ2) is 7.85. The number of hydrogen-bond donors (Lipinski definition) is 1. The number of rotatable bonds is 6. The van der Waals surface area contributed by atoms with E-state index in [9.17, 15) is 19.2 Å². The van der Waals surface area contributed by atoms with Gasteiger partial charge in [0.1, 0.15) is 6.04 Å². The van der Waals surface area contributed by atoms with Crippen molar-refractivity contribution in [3.63, 3.8) is 0 Å². The second-order valence-electron chi connectivity index (χ2n) is 9.14. The molecule has 2 bridgehead atoms. The number of aryl methyl sites for hydroxylation is 1. The van der Waals surface area contributed by atoms with Crippen LogP contribution in [0.5, 0.6) is 0 Å². The standard InChI is InChI=1S/C23H28N2O5/c1-12(2)20(23(29)30-11-17(26)24-16-8-4-13(3)5-9-16)25-21(27)18-14-6-7-15(10-14)19(18)22(25)28/h4-5,8-9,12,14-15,18-20H,6-7,10-11H2,1-3H3,(H,24,26)/t14-,15-,18-,19+,20-/m0/s1. The number of carbonyl (C=O) groups excluding carboxylic acids is 4. The highest BCUT2D eigenvalue weighted by Gasteiger charge is 2.62. The zero-order valence-corrected chi connectivity index (χ0v) is 17.6. The molecule has 30 heavy (non-hydrogen) atoms. The molecule has 1 saturated heterocycles. The van der Waals surface area contributed by atoms with Gasteiger partial charge in [-0.3, -0.25) is 19.3 Å². The van der Waals surface area contributed by atoms with E-state index in [-0.39, 0.29) is 41.4 Å². The third-order valence-corrected chi connectivity index (χ3v) is 6.79. The smallest absolute Gasteiger partial charge is 0.330 e. The quantitative estimate of drug-likeness (QED) is 0.573. The highest BCUT2D eigenvalue weighted by atomic mass is 16.5. The molecular formula is C23H28N2O5. The van der Waals surface area contributed by atoms with Crippen molar-refractivity contribution in [3.05, 3.63) is 29.8 Å². The molecule has 3 amide bonds. The first kappa shape index (κ1) is 20.6. The summed E-state index contributed by atoms with van der Waals surface area (Å²) in [5.41, 5.74) is 1.67. The van der Waals surface area contributed by atoms with Crippen LogP contribution in [-0.2, 0) is 23.9 Å². The maximum absolute atomic E-state index is 13.1. The largest absolute Gasteiger partial charge is 0.454 e. The summed E-state index contributed by atoms with van der Waals surface area (Å²) >= 11 is 0. The molecular weight excluding hydrogens is 384 g/mol. The summed E-state index contributed by atoms with van der Waals surface area (Å²) in [5, 5.41) is 2.67. The van der Waals surface area contributed by atoms with Crippen molar-refractivity contribution in [1.82, 2.24) is 4.90 Å². The van der Waals surface area contributed by atoms with E-state index < -0.39 is 24.5 Å². The predicted molar refractivity (Wildman–Crippen MR) is 109 cm³/mol. The molecule has 0 unspecified atom stereocenters. The number of ether oxygens (including phenoxy) is 1. The average molecular weight is 412 g/mol. The third kappa shape index (κ3) is 3.50. The summed E-state index contributed by atoms with van der Waals surface area (Å²) in [5.74, 6) is -2.01. The summed E-state index contributed by atoms with van der Waals surface area (Å²) < 4.78 is 5.23. The van der Waals surface area contributed by atoms with Crippen molar-refractivity contribution < 1.29 is 23.9 Å². The fraction of sp³-hybridized carbons (Fsp3) is 0.565. The van der Waals surface area contributed by atoms with Crippen LogP contribution in [0, 0.1) is 36.5 Å². The molecule has 7 heteroatoms. The van der Waals surface area contributed by atoms with Crippen LogP contribution in [0.2, 0.25) is 0 Å². The monoisotopic (exact) mass is 412 g/mol. The first-order valence-corrected chi connectivity index (χ1v) is 10.7. The molecule has 3 aliphatic rings. The molecule has 1 aliphatic heterocycles. The lowest BCUT2D eigenvalue weighted by molar-refractivity contribution is -0.162. The van der Waals surface area contributed by atoms with E-state index in [1.165, 1.54) is 0 Å². The van der Waals surface area contributed by atoms with Gasteiger partial charge >= 0.3 is 5.97 Å². The Morgan fingerprint density at radius 1 is 1.07 bits per heavy atom. The molecule has 0 aromatic heterocycles. The molecule has 1 N–H and O–H groups in total. The highest BCUT2D eigenvalue weighted by molar-refractivity contribution is 6.08. The number of imide groups is 1. The van der Waals surface area contributed by atoms with Gasteiger partial charge in [0.05, 0.1) is 11.8 Å². The molecule has 1 heterocycles. The van der Waals surface area contributed by atoms with E-state index in [1.807, 2.05) is 19.1 Å². The molecule has 1 aromatic rings. The minimum Gasteiger partial charge on any atom is -0.454 e. The van der Waals surface area contributed by atoms with Gasteiger partial charge in [-0.25, -0.2) is 4.79 Å². The normalized spacial score (nSPS) is 28.1. The van der Waals surface area contributed by atoms with Crippen LogP contribution >= 0.6 is 0 Å². The van der Waals surface area contributed by atoms with Crippen LogP contribution in [0.4, 0.5) is 5.69 Å². The Morgan fingerprint density at radius 2 is 1.63 bits per heavy atom. The van der Waals surface area contributed by atoms with Gasteiger partial charge in [-0.15, -0.1) is 0 Å². The Bertz CT molecular complexity index is 850. The number of nitrogens with zero attached hydrogens (tertiary/aromatic N) is 1. The van der Waals surface area contributed by atoms with Crippen molar-refractivity contribution >= 4 is 29.4 Å². The number of amides is 3. The van der Waals surface area contributed by atoms with Gasteiger partial charge < -0.3 is 10.1 Å². The molecule has 160 valence electrons. The molecule has 1 aromatic carbocycles. The van der Waals surface area contributed by atoms with Crippen molar-refractivity contribution in [1.29, 1.82) is 0 Å². The van der Waals surface area contributed by atoms with Gasteiger partial charge in [0.15, 0.2) is 6.61 Å². The van der Waals surface area contributed by atoms with Gasteiger partial charge in [-0.1, -0.05) is 31.5 Å². The van der Waals surface area contributed by atoms with Crippen molar-refractivity contribution in [2.24, 2.45) is 29.6 Å². The third-order valence-electron chi connectivity index (χ3n) is 6.79. The van der Waals surface area contributed by atoms with Gasteiger partial charge in [0.25, 0.3) is 5.91 Å². The number of carbonyl (C=O) groups is 4. The molecule has 3 fully saturated rings. The van der Waals surface area contributed by atoms with Gasteiger partial charge in [-0.2, -0.15) is 0 Å². The Kier molecular flexibility index (Phi) is 5.38. The maximum Gasteiger partial charge on any atom is 0.330 e. The predicted octanol–water partition coefficient (Wildman–Crippen LogP) is 2.53. The van der Waals surface area contributed by atoms with E-state index >= 15 is 0 Å². The summed E-state index contributed by atoms with van der Waals surface area (Å²) in [6.45, 7) is 5.04. The van der Waals surface area contributed by atoms with Crippen LogP contribution in [0.1, 0.15) is 38.7 Å². The Balaban J connectivity index is 1.41. The van der Waals surface area contributed by atoms with E-state index in [0.717, 1.165) is 29.7 Å². The summed E-state index contributed by atoms with van der Waals surface area (Å²) in [6.07, 6.45) is 2.90. The number of likely N-dealkylation sites (tertiary alicyclic amines) is 1. The number of nitrogens with one attached hydrogen (secondary N) is 1. The van der Waals surface area contributed by atoms with Crippen molar-refractivity contribution in [2.75, 3.05) is 11.9 Å². The van der Waals surface area contributed by atoms with E-state index in [0.29, 0.717) is 5.69 Å². The number of hydrogen-bond acceptors (Lipinski definition) is 5. The number of benzene rings is 1. The topological polar surface area (TPSA) is 92.8 Å². The minimum atomic E-state index is -0.998. The van der Waals surface area contributed by atoms with Crippen LogP contribution in [0.25, 0.3) is 0 Å². The van der Waals surface area contributed by atoms with E-state index in [2.05, 4.69) is 5.32 Å². The maximum atomic E-state index is 13.1. The fourth-order valence-corrected chi connectivity index (χ4v) is 5.44. The van der Waals surface area contributed by atoms with E-state index in [4.69, 9.17) is 4.74 Å². The molecule has 5 atom stereocenters. The average Bonchev–Trinajstić information content (AvgIpc) is 3.38. The minimum absolute atomic E-state index is 0.239. The first-order valence-electron chi connectivity index (χ1n) is 10.7. The Hall–Kier alpha value is -2.70. The SMILES string of the molecule is Cc1ccc(NC(=O)COC(=O)[C@H](C(C)C)N2C(=O)[C@@H]3[C@H]4CC[C@@H](C4)[C@@H]3C2=O)cc1. The molecule has 0 radical (unpaired) electrons. The zero-order valence-electron chi connectivity index (χ0n) is 17.6. The van der Waals surface area contributed by atoms with Crippen LogP contribution in [0.3, 0.4) is 0 Å². The summed E-state index contributed by atoms with van der Waals surface area (Å²) in [7, 11) is 0. The second-order valence-corrected chi connectivity index (χ2v) is 9.14. The lowest BCUT2D eigenvalue weighted by Gasteiger charge is -2.28. The summed E-state index contributed by atoms with van der Waals surface area (Å²) in [4.78, 5) is 52.2. The number of anilines is 1. The van der Waals surface area contributed by atoms with E-state index in [1.54, 1.807) is 26.0 Å². The molecule has 2 saturated carbocycles. The lowest BCUT2D eigenvalue weighted by atomic mass is 9.81.